The van der Waals surface area contributed by atoms with Gasteiger partial charge in [0.15, 0.2) is 0 Å². The van der Waals surface area contributed by atoms with Crippen LogP contribution in [0.25, 0.3) is 0 Å². The first-order valence-corrected chi connectivity index (χ1v) is 8.88. The van der Waals surface area contributed by atoms with Crippen molar-refractivity contribution in [1.82, 2.24) is 4.90 Å². The summed E-state index contributed by atoms with van der Waals surface area (Å²) >= 11 is 0. The van der Waals surface area contributed by atoms with Crippen molar-refractivity contribution < 1.29 is 5.06 Å². The van der Waals surface area contributed by atoms with Crippen LogP contribution < -0.4 is 5.06 Å². The zero-order valence-electron chi connectivity index (χ0n) is 13.3. The van der Waals surface area contributed by atoms with Crippen molar-refractivity contribution in [2.75, 3.05) is 20.1 Å². The number of nitrogens with one attached hydrogen (secondary N) is 1. The molecule has 6 atom stereocenters. The number of fused-ring (bicyclic) bond motifs is 1. The predicted molar refractivity (Wildman–Crippen MR) is 82.5 cm³/mol. The first-order valence-electron chi connectivity index (χ1n) is 8.88. The molecule has 0 aromatic carbocycles. The average molecular weight is 280 g/mol. The lowest BCUT2D eigenvalue weighted by molar-refractivity contribution is -0.882. The minimum absolute atomic E-state index is 0.409. The van der Waals surface area contributed by atoms with Crippen LogP contribution in [0.4, 0.5) is 0 Å². The van der Waals surface area contributed by atoms with Crippen molar-refractivity contribution in [3.63, 3.8) is 0 Å². The maximum atomic E-state index is 12.2. The summed E-state index contributed by atoms with van der Waals surface area (Å²) in [5, 5.41) is 12.7. The maximum absolute atomic E-state index is 12.2. The molecule has 2 aliphatic heterocycles. The van der Waals surface area contributed by atoms with Gasteiger partial charge in [0.1, 0.15) is 0 Å². The summed E-state index contributed by atoms with van der Waals surface area (Å²) < 4.78 is 0. The van der Waals surface area contributed by atoms with Gasteiger partial charge in [-0.2, -0.15) is 0 Å². The van der Waals surface area contributed by atoms with Crippen molar-refractivity contribution in [2.45, 2.75) is 70.4 Å². The molecular formula is C17H32N2O. The molecule has 3 heteroatoms. The number of piperidine rings is 2. The van der Waals surface area contributed by atoms with Gasteiger partial charge < -0.3 is 15.2 Å². The highest BCUT2D eigenvalue weighted by molar-refractivity contribution is 4.93. The molecule has 0 amide bonds. The van der Waals surface area contributed by atoms with Crippen LogP contribution in [-0.4, -0.2) is 37.1 Å². The van der Waals surface area contributed by atoms with Crippen LogP contribution in [0.15, 0.2) is 0 Å². The van der Waals surface area contributed by atoms with E-state index < -0.39 is 0 Å². The number of hydrogen-bond donors (Lipinski definition) is 1. The molecule has 0 spiro atoms. The highest BCUT2D eigenvalue weighted by Crippen LogP contribution is 2.43. The molecular weight excluding hydrogens is 248 g/mol. The molecule has 116 valence electrons. The van der Waals surface area contributed by atoms with Gasteiger partial charge in [0.2, 0.25) is 0 Å². The zero-order valence-corrected chi connectivity index (χ0v) is 13.3. The fraction of sp³-hybridized carbons (Fsp3) is 1.00. The van der Waals surface area contributed by atoms with Crippen LogP contribution in [0.3, 0.4) is 0 Å². The Bertz CT molecular complexity index is 322. The largest absolute Gasteiger partial charge is 0.634 e. The van der Waals surface area contributed by atoms with E-state index in [9.17, 15) is 5.21 Å². The third kappa shape index (κ3) is 3.05. The summed E-state index contributed by atoms with van der Waals surface area (Å²) in [4.78, 5) is 2.61. The molecule has 2 unspecified atom stereocenters. The second kappa shape index (κ2) is 6.33. The minimum atomic E-state index is 0.409. The number of likely N-dealkylation sites (tertiary alicyclic amines) is 1. The predicted octanol–water partition coefficient (Wildman–Crippen LogP) is 2.07. The smallest absolute Gasteiger partial charge is 0.0874 e. The van der Waals surface area contributed by atoms with E-state index in [1.54, 1.807) is 0 Å². The Morgan fingerprint density at radius 1 is 1.15 bits per heavy atom. The van der Waals surface area contributed by atoms with E-state index in [4.69, 9.17) is 0 Å². The van der Waals surface area contributed by atoms with Gasteiger partial charge in [0, 0.05) is 12.5 Å². The van der Waals surface area contributed by atoms with E-state index in [2.05, 4.69) is 18.9 Å². The number of nitrogens with zero attached hydrogens (tertiary/aromatic N) is 1. The molecule has 0 radical (unpaired) electrons. The quantitative estimate of drug-likeness (QED) is 0.785. The maximum Gasteiger partial charge on any atom is 0.0874 e. The molecule has 0 bridgehead atoms. The number of quaternary nitrogens is 1. The fourth-order valence-electron chi connectivity index (χ4n) is 5.31. The Morgan fingerprint density at radius 2 is 2.00 bits per heavy atom. The second-order valence-electron chi connectivity index (χ2n) is 7.84. The van der Waals surface area contributed by atoms with Crippen LogP contribution in [0.5, 0.6) is 0 Å². The van der Waals surface area contributed by atoms with Gasteiger partial charge in [-0.25, -0.2) is 0 Å². The number of rotatable bonds is 2. The Kier molecular flexibility index (Phi) is 4.68. The van der Waals surface area contributed by atoms with Crippen molar-refractivity contribution in [3.05, 3.63) is 5.21 Å². The third-order valence-corrected chi connectivity index (χ3v) is 6.33. The Hall–Kier alpha value is -0.120. The molecule has 1 aliphatic carbocycles. The summed E-state index contributed by atoms with van der Waals surface area (Å²) in [6, 6.07) is 1.21. The van der Waals surface area contributed by atoms with E-state index in [1.807, 2.05) is 0 Å². The number of hydroxylamine groups is 2. The summed E-state index contributed by atoms with van der Waals surface area (Å²) in [5.74, 6) is 2.54. The summed E-state index contributed by atoms with van der Waals surface area (Å²) in [6.07, 6.45) is 10.3. The van der Waals surface area contributed by atoms with Crippen molar-refractivity contribution in [3.8, 4) is 0 Å². The molecule has 2 saturated heterocycles. The molecule has 20 heavy (non-hydrogen) atoms. The lowest BCUT2D eigenvalue weighted by Gasteiger charge is -2.50. The van der Waals surface area contributed by atoms with Crippen molar-refractivity contribution in [2.24, 2.45) is 17.8 Å². The van der Waals surface area contributed by atoms with Gasteiger partial charge in [-0.05, 0) is 76.3 Å². The second-order valence-corrected chi connectivity index (χ2v) is 7.84. The monoisotopic (exact) mass is 280 g/mol. The van der Waals surface area contributed by atoms with Gasteiger partial charge in [-0.3, -0.25) is 0 Å². The van der Waals surface area contributed by atoms with E-state index in [0.717, 1.165) is 36.8 Å². The lowest BCUT2D eigenvalue weighted by Crippen LogP contribution is -3.12. The van der Waals surface area contributed by atoms with Crippen LogP contribution in [0.1, 0.15) is 58.3 Å². The average Bonchev–Trinajstić information content (AvgIpc) is 2.42. The third-order valence-electron chi connectivity index (χ3n) is 6.33. The van der Waals surface area contributed by atoms with Gasteiger partial charge in [-0.1, -0.05) is 6.92 Å². The molecule has 3 fully saturated rings. The van der Waals surface area contributed by atoms with Crippen LogP contribution in [-0.2, 0) is 0 Å². The van der Waals surface area contributed by atoms with E-state index in [1.165, 1.54) is 51.5 Å². The lowest BCUT2D eigenvalue weighted by atomic mass is 9.66. The highest BCUT2D eigenvalue weighted by atomic mass is 16.5. The molecule has 0 aromatic heterocycles. The topological polar surface area (TPSA) is 30.7 Å². The molecule has 3 aliphatic rings. The molecule has 0 aromatic rings. The highest BCUT2D eigenvalue weighted by Gasteiger charge is 2.41. The van der Waals surface area contributed by atoms with Crippen molar-refractivity contribution in [1.29, 1.82) is 0 Å². The minimum Gasteiger partial charge on any atom is -0.634 e. The Balaban J connectivity index is 1.67. The molecule has 1 saturated carbocycles. The molecule has 3 nitrogen and oxygen atoms in total. The standard InChI is InChI=1S/C17H32N2O/c1-13-10-14(12-15-6-3-4-9-19(15)20)16-7-5-8-18(2)17(16)11-13/h13-17,19H,3-12H2,1-2H3/t13-,14+,15?,16-,17-/m0/s1. The molecule has 2 heterocycles. The Labute approximate surface area is 124 Å². The van der Waals surface area contributed by atoms with Gasteiger partial charge in [0.05, 0.1) is 12.6 Å². The SMILES string of the molecule is C[C@H]1C[C@H](CC2CCCC[NH+]2[O-])[C@@H]2CCCN(C)[C@H]2C1. The first-order chi connectivity index (χ1) is 9.65. The van der Waals surface area contributed by atoms with E-state index in [-0.39, 0.29) is 0 Å². The molecule has 1 N–H and O–H groups in total. The Morgan fingerprint density at radius 3 is 2.80 bits per heavy atom. The normalized spacial score (nSPS) is 47.0. The number of hydrogen-bond acceptors (Lipinski definition) is 2. The summed E-state index contributed by atoms with van der Waals surface area (Å²) in [7, 11) is 2.32. The van der Waals surface area contributed by atoms with Gasteiger partial charge in [0.25, 0.3) is 0 Å². The molecule has 3 rings (SSSR count). The van der Waals surface area contributed by atoms with Gasteiger partial charge in [-0.15, -0.1) is 0 Å². The zero-order chi connectivity index (χ0) is 14.1. The summed E-state index contributed by atoms with van der Waals surface area (Å²) in [6.45, 7) is 4.57. The van der Waals surface area contributed by atoms with Gasteiger partial charge >= 0.3 is 0 Å². The van der Waals surface area contributed by atoms with Crippen LogP contribution >= 0.6 is 0 Å². The van der Waals surface area contributed by atoms with Crippen molar-refractivity contribution >= 4 is 0 Å². The van der Waals surface area contributed by atoms with E-state index >= 15 is 0 Å². The first kappa shape index (κ1) is 14.8. The van der Waals surface area contributed by atoms with E-state index in [0.29, 0.717) is 11.1 Å². The summed E-state index contributed by atoms with van der Waals surface area (Å²) in [5.41, 5.74) is 0. The van der Waals surface area contributed by atoms with Crippen LogP contribution in [0.2, 0.25) is 0 Å². The fourth-order valence-corrected chi connectivity index (χ4v) is 5.31. The van der Waals surface area contributed by atoms with Crippen LogP contribution in [0, 0.1) is 23.0 Å².